The van der Waals surface area contributed by atoms with E-state index in [4.69, 9.17) is 5.11 Å². The molecule has 1 heterocycles. The lowest BCUT2D eigenvalue weighted by molar-refractivity contribution is -0.140. The number of carbonyl (C=O) groups excluding carboxylic acids is 1. The zero-order valence-corrected chi connectivity index (χ0v) is 15.4. The van der Waals surface area contributed by atoms with Crippen molar-refractivity contribution < 1.29 is 14.7 Å². The van der Waals surface area contributed by atoms with E-state index in [0.29, 0.717) is 19.0 Å². The van der Waals surface area contributed by atoms with Crippen LogP contribution in [0.15, 0.2) is 30.3 Å². The average Bonchev–Trinajstić information content (AvgIpc) is 2.59. The highest BCUT2D eigenvalue weighted by molar-refractivity contribution is 5.79. The number of aliphatic carboxylic acids is 1. The molecule has 0 bridgehead atoms. The number of carboxylic acid groups (broad SMARTS) is 1. The van der Waals surface area contributed by atoms with Gasteiger partial charge in [0.25, 0.3) is 0 Å². The Morgan fingerprint density at radius 1 is 1.20 bits per heavy atom. The Hall–Kier alpha value is -1.88. The normalized spacial score (nSPS) is 16.1. The molecule has 138 valence electrons. The molecule has 0 atom stereocenters. The summed E-state index contributed by atoms with van der Waals surface area (Å²) < 4.78 is 0. The van der Waals surface area contributed by atoms with Gasteiger partial charge < -0.3 is 10.0 Å². The molecule has 1 aliphatic rings. The molecule has 1 amide bonds. The lowest BCUT2D eigenvalue weighted by atomic mass is 9.94. The first-order valence-electron chi connectivity index (χ1n) is 9.22. The zero-order valence-electron chi connectivity index (χ0n) is 15.4. The van der Waals surface area contributed by atoms with Crippen molar-refractivity contribution in [3.63, 3.8) is 0 Å². The average molecular weight is 346 g/mol. The Morgan fingerprint density at radius 3 is 2.40 bits per heavy atom. The molecule has 25 heavy (non-hydrogen) atoms. The van der Waals surface area contributed by atoms with Crippen molar-refractivity contribution in [3.8, 4) is 0 Å². The number of hydrogen-bond acceptors (Lipinski definition) is 3. The number of carbonyl (C=O) groups is 2. The fourth-order valence-electron chi connectivity index (χ4n) is 3.40. The number of nitrogens with zero attached hydrogens (tertiary/aromatic N) is 2. The quantitative estimate of drug-likeness (QED) is 0.786. The third-order valence-electron chi connectivity index (χ3n) is 4.68. The van der Waals surface area contributed by atoms with Crippen LogP contribution < -0.4 is 0 Å². The van der Waals surface area contributed by atoms with Crippen LogP contribution in [0.3, 0.4) is 0 Å². The van der Waals surface area contributed by atoms with Crippen LogP contribution in [-0.2, 0) is 16.1 Å². The second-order valence-electron chi connectivity index (χ2n) is 7.36. The summed E-state index contributed by atoms with van der Waals surface area (Å²) in [5.41, 5.74) is 1.30. The van der Waals surface area contributed by atoms with Gasteiger partial charge in [0.1, 0.15) is 0 Å². The third kappa shape index (κ3) is 6.50. The van der Waals surface area contributed by atoms with E-state index in [1.54, 1.807) is 4.90 Å². The molecule has 0 spiro atoms. The second kappa shape index (κ2) is 9.56. The number of carboxylic acids is 1. The van der Waals surface area contributed by atoms with Crippen LogP contribution in [0.2, 0.25) is 0 Å². The van der Waals surface area contributed by atoms with Crippen molar-refractivity contribution >= 4 is 11.9 Å². The van der Waals surface area contributed by atoms with Crippen LogP contribution in [0.4, 0.5) is 0 Å². The predicted molar refractivity (Wildman–Crippen MR) is 98.1 cm³/mol. The summed E-state index contributed by atoms with van der Waals surface area (Å²) >= 11 is 0. The number of rotatable bonds is 8. The second-order valence-corrected chi connectivity index (χ2v) is 7.36. The lowest BCUT2D eigenvalue weighted by Crippen LogP contribution is -2.44. The van der Waals surface area contributed by atoms with Gasteiger partial charge in [0.15, 0.2) is 0 Å². The molecule has 1 aromatic carbocycles. The molecule has 0 aliphatic carbocycles. The summed E-state index contributed by atoms with van der Waals surface area (Å²) in [7, 11) is 0. The standard InChI is InChI=1S/C20H30N2O3/c1-16(2)14-22(13-10-19(23)24)20(25)18-8-11-21(12-9-18)15-17-6-4-3-5-7-17/h3-7,16,18H,8-15H2,1-2H3,(H,23,24). The van der Waals surface area contributed by atoms with Crippen molar-refractivity contribution in [1.82, 2.24) is 9.80 Å². The summed E-state index contributed by atoms with van der Waals surface area (Å²) in [6.45, 7) is 7.83. The van der Waals surface area contributed by atoms with Crippen LogP contribution in [0.5, 0.6) is 0 Å². The minimum Gasteiger partial charge on any atom is -0.481 e. The van der Waals surface area contributed by atoms with Crippen LogP contribution in [0.1, 0.15) is 38.7 Å². The van der Waals surface area contributed by atoms with E-state index in [-0.39, 0.29) is 18.2 Å². The molecule has 5 heteroatoms. The summed E-state index contributed by atoms with van der Waals surface area (Å²) in [5.74, 6) is -0.343. The molecule has 1 N–H and O–H groups in total. The first-order valence-corrected chi connectivity index (χ1v) is 9.22. The van der Waals surface area contributed by atoms with E-state index < -0.39 is 5.97 Å². The molecule has 1 fully saturated rings. The van der Waals surface area contributed by atoms with E-state index in [2.05, 4.69) is 43.0 Å². The van der Waals surface area contributed by atoms with Crippen LogP contribution in [-0.4, -0.2) is 53.0 Å². The third-order valence-corrected chi connectivity index (χ3v) is 4.68. The monoisotopic (exact) mass is 346 g/mol. The topological polar surface area (TPSA) is 60.9 Å². The number of benzene rings is 1. The predicted octanol–water partition coefficient (Wildman–Crippen LogP) is 2.86. The number of hydrogen-bond donors (Lipinski definition) is 1. The molecular formula is C20H30N2O3. The van der Waals surface area contributed by atoms with Crippen molar-refractivity contribution in [3.05, 3.63) is 35.9 Å². The Bertz CT molecular complexity index is 551. The van der Waals surface area contributed by atoms with Crippen LogP contribution >= 0.6 is 0 Å². The van der Waals surface area contributed by atoms with Gasteiger partial charge in [0, 0.05) is 25.6 Å². The summed E-state index contributed by atoms with van der Waals surface area (Å²) in [4.78, 5) is 27.8. The van der Waals surface area contributed by atoms with Gasteiger partial charge in [-0.2, -0.15) is 0 Å². The molecule has 1 saturated heterocycles. The Balaban J connectivity index is 1.86. The summed E-state index contributed by atoms with van der Waals surface area (Å²) in [5, 5.41) is 8.92. The van der Waals surface area contributed by atoms with Crippen LogP contribution in [0, 0.1) is 11.8 Å². The van der Waals surface area contributed by atoms with Gasteiger partial charge in [-0.1, -0.05) is 44.2 Å². The van der Waals surface area contributed by atoms with Crippen molar-refractivity contribution in [1.29, 1.82) is 0 Å². The molecule has 2 rings (SSSR count). The largest absolute Gasteiger partial charge is 0.481 e. The lowest BCUT2D eigenvalue weighted by Gasteiger charge is -2.34. The Morgan fingerprint density at radius 2 is 1.84 bits per heavy atom. The molecule has 0 aromatic heterocycles. The fraction of sp³-hybridized carbons (Fsp3) is 0.600. The maximum absolute atomic E-state index is 12.8. The van der Waals surface area contributed by atoms with Gasteiger partial charge in [0.2, 0.25) is 5.91 Å². The van der Waals surface area contributed by atoms with E-state index in [0.717, 1.165) is 32.5 Å². The fourth-order valence-corrected chi connectivity index (χ4v) is 3.40. The molecule has 0 radical (unpaired) electrons. The number of likely N-dealkylation sites (tertiary alicyclic amines) is 1. The number of piperidine rings is 1. The van der Waals surface area contributed by atoms with Crippen molar-refractivity contribution in [2.45, 2.75) is 39.7 Å². The molecule has 1 aliphatic heterocycles. The first kappa shape index (κ1) is 19.4. The van der Waals surface area contributed by atoms with Gasteiger partial charge in [-0.05, 0) is 37.4 Å². The van der Waals surface area contributed by atoms with E-state index >= 15 is 0 Å². The van der Waals surface area contributed by atoms with Gasteiger partial charge in [-0.25, -0.2) is 0 Å². The van der Waals surface area contributed by atoms with E-state index in [1.165, 1.54) is 5.56 Å². The zero-order chi connectivity index (χ0) is 18.2. The van der Waals surface area contributed by atoms with Gasteiger partial charge in [-0.15, -0.1) is 0 Å². The molecule has 5 nitrogen and oxygen atoms in total. The highest BCUT2D eigenvalue weighted by Gasteiger charge is 2.29. The number of amides is 1. The smallest absolute Gasteiger partial charge is 0.305 e. The van der Waals surface area contributed by atoms with E-state index in [1.807, 2.05) is 6.07 Å². The maximum atomic E-state index is 12.8. The Labute approximate surface area is 150 Å². The SMILES string of the molecule is CC(C)CN(CCC(=O)O)C(=O)C1CCN(Cc2ccccc2)CC1. The molecule has 0 unspecified atom stereocenters. The summed E-state index contributed by atoms with van der Waals surface area (Å²) in [6.07, 6.45) is 1.73. The van der Waals surface area contributed by atoms with Gasteiger partial charge >= 0.3 is 5.97 Å². The minimum atomic E-state index is -0.848. The Kier molecular flexibility index (Phi) is 7.44. The molecule has 1 aromatic rings. The highest BCUT2D eigenvalue weighted by atomic mass is 16.4. The van der Waals surface area contributed by atoms with Gasteiger partial charge in [-0.3, -0.25) is 14.5 Å². The summed E-state index contributed by atoms with van der Waals surface area (Å²) in [6, 6.07) is 10.4. The highest BCUT2D eigenvalue weighted by Crippen LogP contribution is 2.22. The molecule has 0 saturated carbocycles. The van der Waals surface area contributed by atoms with Crippen molar-refractivity contribution in [2.75, 3.05) is 26.2 Å². The van der Waals surface area contributed by atoms with E-state index in [9.17, 15) is 9.59 Å². The van der Waals surface area contributed by atoms with Crippen LogP contribution in [0.25, 0.3) is 0 Å². The maximum Gasteiger partial charge on any atom is 0.305 e. The first-order chi connectivity index (χ1) is 12.0. The van der Waals surface area contributed by atoms with Crippen molar-refractivity contribution in [2.24, 2.45) is 11.8 Å². The minimum absolute atomic E-state index is 0.0192. The molecular weight excluding hydrogens is 316 g/mol. The van der Waals surface area contributed by atoms with Gasteiger partial charge in [0.05, 0.1) is 6.42 Å².